The number of amides is 1. The van der Waals surface area contributed by atoms with Crippen LogP contribution in [0.2, 0.25) is 0 Å². The minimum atomic E-state index is -0.0316. The second-order valence-electron chi connectivity index (χ2n) is 10.3. The molecule has 0 saturated carbocycles. The summed E-state index contributed by atoms with van der Waals surface area (Å²) in [6.45, 7) is 11.8. The van der Waals surface area contributed by atoms with Crippen LogP contribution in [0.5, 0.6) is 11.5 Å². The highest BCUT2D eigenvalue weighted by Gasteiger charge is 2.33. The van der Waals surface area contributed by atoms with E-state index < -0.39 is 0 Å². The first kappa shape index (κ1) is 26.5. The number of rotatable bonds is 9. The summed E-state index contributed by atoms with van der Waals surface area (Å²) in [4.78, 5) is 18.3. The van der Waals surface area contributed by atoms with Crippen molar-refractivity contribution < 1.29 is 19.0 Å². The lowest BCUT2D eigenvalue weighted by Gasteiger charge is -2.40. The fraction of sp³-hybridized carbons (Fsp3) is 0.552. The van der Waals surface area contributed by atoms with E-state index in [0.717, 1.165) is 81.5 Å². The molecule has 2 fully saturated rings. The number of piperidine rings is 1. The molecule has 0 aliphatic carbocycles. The molecule has 2 aliphatic rings. The second-order valence-corrected chi connectivity index (χ2v) is 10.3. The lowest BCUT2D eigenvalue weighted by atomic mass is 9.87. The normalized spacial score (nSPS) is 21.2. The molecule has 0 unspecified atom stereocenters. The van der Waals surface area contributed by atoms with E-state index in [1.165, 1.54) is 11.1 Å². The van der Waals surface area contributed by atoms with Crippen LogP contribution >= 0.6 is 0 Å². The summed E-state index contributed by atoms with van der Waals surface area (Å²) in [6, 6.07) is 12.5. The summed E-state index contributed by atoms with van der Waals surface area (Å²) < 4.78 is 16.5. The average molecular weight is 496 g/mol. The molecule has 4 rings (SSSR count). The van der Waals surface area contributed by atoms with E-state index in [2.05, 4.69) is 53.2 Å². The number of methoxy groups -OCH3 is 2. The first-order valence-electron chi connectivity index (χ1n) is 13.0. The van der Waals surface area contributed by atoms with Crippen LogP contribution in [-0.2, 0) is 22.6 Å². The molecular formula is C29H41N3O4. The van der Waals surface area contributed by atoms with Crippen LogP contribution in [0, 0.1) is 25.7 Å². The van der Waals surface area contributed by atoms with Crippen LogP contribution in [0.1, 0.15) is 28.7 Å². The average Bonchev–Trinajstić information content (AvgIpc) is 2.87. The number of nitrogens with one attached hydrogen (secondary N) is 1. The Morgan fingerprint density at radius 2 is 1.67 bits per heavy atom. The first-order valence-corrected chi connectivity index (χ1v) is 13.0. The molecule has 0 spiro atoms. The maximum absolute atomic E-state index is 13.4. The third-order valence-electron chi connectivity index (χ3n) is 7.21. The van der Waals surface area contributed by atoms with E-state index in [9.17, 15) is 4.79 Å². The van der Waals surface area contributed by atoms with Crippen molar-refractivity contribution in [3.05, 3.63) is 58.7 Å². The molecule has 1 N–H and O–H groups in total. The molecule has 0 radical (unpaired) electrons. The molecule has 2 aromatic carbocycles. The van der Waals surface area contributed by atoms with Crippen LogP contribution < -0.4 is 14.8 Å². The Morgan fingerprint density at radius 1 is 0.944 bits per heavy atom. The van der Waals surface area contributed by atoms with Gasteiger partial charge in [0.05, 0.1) is 33.4 Å². The summed E-state index contributed by atoms with van der Waals surface area (Å²) in [7, 11) is 3.32. The van der Waals surface area contributed by atoms with Crippen molar-refractivity contribution in [3.8, 4) is 11.5 Å². The van der Waals surface area contributed by atoms with Crippen molar-refractivity contribution in [1.29, 1.82) is 0 Å². The standard InChI is InChI=1S/C29H41N3O4/c1-21-11-22(2)13-24(12-21)16-30-29(33)26-14-25(18-31-7-9-36-10-8-31)19-32(20-26)17-23-5-6-27(34-3)28(15-23)35-4/h5-6,11-13,15,25-26H,7-10,14,16-20H2,1-4H3,(H,30,33)/t25-,26-/m1/s1. The van der Waals surface area contributed by atoms with Crippen LogP contribution in [0.15, 0.2) is 36.4 Å². The number of hydrogen-bond donors (Lipinski definition) is 1. The minimum Gasteiger partial charge on any atom is -0.493 e. The van der Waals surface area contributed by atoms with Gasteiger partial charge in [-0.15, -0.1) is 0 Å². The van der Waals surface area contributed by atoms with Gasteiger partial charge in [0.15, 0.2) is 11.5 Å². The lowest BCUT2D eigenvalue weighted by molar-refractivity contribution is -0.128. The first-order chi connectivity index (χ1) is 17.4. The Bertz CT molecular complexity index is 1000. The van der Waals surface area contributed by atoms with Gasteiger partial charge in [0.2, 0.25) is 5.91 Å². The summed E-state index contributed by atoms with van der Waals surface area (Å²) in [6.07, 6.45) is 0.915. The zero-order valence-corrected chi connectivity index (χ0v) is 22.2. The third kappa shape index (κ3) is 7.21. The highest BCUT2D eigenvalue weighted by atomic mass is 16.5. The molecule has 0 bridgehead atoms. The Morgan fingerprint density at radius 3 is 2.36 bits per heavy atom. The van der Waals surface area contributed by atoms with Gasteiger partial charge in [-0.05, 0) is 49.4 Å². The van der Waals surface area contributed by atoms with E-state index in [4.69, 9.17) is 14.2 Å². The highest BCUT2D eigenvalue weighted by molar-refractivity contribution is 5.79. The predicted molar refractivity (Wildman–Crippen MR) is 141 cm³/mol. The van der Waals surface area contributed by atoms with E-state index in [-0.39, 0.29) is 11.8 Å². The number of likely N-dealkylation sites (tertiary alicyclic amines) is 1. The number of ether oxygens (including phenoxy) is 3. The van der Waals surface area contributed by atoms with Gasteiger partial charge < -0.3 is 19.5 Å². The summed E-state index contributed by atoms with van der Waals surface area (Å²) in [5.41, 5.74) is 4.77. The Hall–Kier alpha value is -2.61. The Balaban J connectivity index is 1.44. The Labute approximate surface area is 215 Å². The molecule has 7 heteroatoms. The van der Waals surface area contributed by atoms with Crippen molar-refractivity contribution >= 4 is 5.91 Å². The second kappa shape index (κ2) is 12.6. The zero-order chi connectivity index (χ0) is 25.5. The molecule has 7 nitrogen and oxygen atoms in total. The molecule has 1 amide bonds. The number of benzene rings is 2. The molecule has 36 heavy (non-hydrogen) atoms. The number of hydrogen-bond acceptors (Lipinski definition) is 6. The lowest BCUT2D eigenvalue weighted by Crippen LogP contribution is -2.49. The van der Waals surface area contributed by atoms with Crippen molar-refractivity contribution in [2.45, 2.75) is 33.4 Å². The van der Waals surface area contributed by atoms with Crippen LogP contribution in [0.25, 0.3) is 0 Å². The number of nitrogens with zero attached hydrogens (tertiary/aromatic N) is 2. The third-order valence-corrected chi connectivity index (χ3v) is 7.21. The molecule has 2 saturated heterocycles. The molecule has 196 valence electrons. The molecule has 2 heterocycles. The molecule has 2 aliphatic heterocycles. The summed E-state index contributed by atoms with van der Waals surface area (Å²) >= 11 is 0. The molecule has 2 aromatic rings. The van der Waals surface area contributed by atoms with E-state index in [1.807, 2.05) is 12.1 Å². The van der Waals surface area contributed by atoms with Gasteiger partial charge in [0.1, 0.15) is 0 Å². The van der Waals surface area contributed by atoms with Gasteiger partial charge in [-0.2, -0.15) is 0 Å². The van der Waals surface area contributed by atoms with E-state index >= 15 is 0 Å². The maximum atomic E-state index is 13.4. The zero-order valence-electron chi connectivity index (χ0n) is 22.2. The van der Waals surface area contributed by atoms with Crippen LogP contribution in [0.3, 0.4) is 0 Å². The minimum absolute atomic E-state index is 0.0316. The van der Waals surface area contributed by atoms with Gasteiger partial charge in [-0.3, -0.25) is 14.6 Å². The quantitative estimate of drug-likeness (QED) is 0.575. The summed E-state index contributed by atoms with van der Waals surface area (Å²) in [5, 5.41) is 3.23. The van der Waals surface area contributed by atoms with Crippen molar-refractivity contribution in [2.75, 3.05) is 60.2 Å². The number of aryl methyl sites for hydroxylation is 2. The number of carbonyl (C=O) groups excluding carboxylic acids is 1. The molecule has 2 atom stereocenters. The highest BCUT2D eigenvalue weighted by Crippen LogP contribution is 2.30. The largest absolute Gasteiger partial charge is 0.493 e. The van der Waals surface area contributed by atoms with E-state index in [1.54, 1.807) is 14.2 Å². The van der Waals surface area contributed by atoms with Crippen molar-refractivity contribution in [1.82, 2.24) is 15.1 Å². The Kier molecular flexibility index (Phi) is 9.24. The molecule has 0 aromatic heterocycles. The number of carbonyl (C=O) groups is 1. The SMILES string of the molecule is COc1ccc(CN2C[C@@H](CN3CCOCC3)C[C@@H](C(=O)NCc3cc(C)cc(C)c3)C2)cc1OC. The monoisotopic (exact) mass is 495 g/mol. The van der Waals surface area contributed by atoms with Gasteiger partial charge in [0.25, 0.3) is 0 Å². The summed E-state index contributed by atoms with van der Waals surface area (Å²) in [5.74, 6) is 2.02. The predicted octanol–water partition coefficient (Wildman–Crippen LogP) is 3.41. The van der Waals surface area contributed by atoms with Gasteiger partial charge >= 0.3 is 0 Å². The maximum Gasteiger partial charge on any atom is 0.224 e. The number of morpholine rings is 1. The molecular weight excluding hydrogens is 454 g/mol. The topological polar surface area (TPSA) is 63.3 Å². The van der Waals surface area contributed by atoms with Crippen LogP contribution in [0.4, 0.5) is 0 Å². The van der Waals surface area contributed by atoms with Crippen molar-refractivity contribution in [2.24, 2.45) is 11.8 Å². The fourth-order valence-corrected chi connectivity index (χ4v) is 5.64. The fourth-order valence-electron chi connectivity index (χ4n) is 5.64. The smallest absolute Gasteiger partial charge is 0.224 e. The van der Waals surface area contributed by atoms with E-state index in [0.29, 0.717) is 12.5 Å². The van der Waals surface area contributed by atoms with Crippen LogP contribution in [-0.4, -0.2) is 75.9 Å². The van der Waals surface area contributed by atoms with Crippen molar-refractivity contribution in [3.63, 3.8) is 0 Å². The van der Waals surface area contributed by atoms with Gasteiger partial charge in [-0.1, -0.05) is 35.4 Å². The van der Waals surface area contributed by atoms with Gasteiger partial charge in [-0.25, -0.2) is 0 Å². The van der Waals surface area contributed by atoms with Gasteiger partial charge in [0, 0.05) is 45.8 Å².